The number of rotatable bonds is 3. The summed E-state index contributed by atoms with van der Waals surface area (Å²) in [5, 5.41) is 12.3. The zero-order chi connectivity index (χ0) is 11.7. The van der Waals surface area contributed by atoms with E-state index in [-0.39, 0.29) is 6.10 Å². The van der Waals surface area contributed by atoms with Crippen LogP contribution in [0.25, 0.3) is 0 Å². The molecule has 1 aliphatic heterocycles. The molecule has 1 N–H and O–H groups in total. The number of hydrogen-bond acceptors (Lipinski definition) is 5. The summed E-state index contributed by atoms with van der Waals surface area (Å²) in [6.45, 7) is 4.66. The molecule has 4 nitrogen and oxygen atoms in total. The minimum atomic E-state index is -0.490. The molecular formula is C11H18N2O2S. The number of ether oxygens (including phenoxy) is 1. The van der Waals surface area contributed by atoms with Gasteiger partial charge in [-0.2, -0.15) is 0 Å². The summed E-state index contributed by atoms with van der Waals surface area (Å²) in [6, 6.07) is 0.396. The number of aromatic nitrogens is 1. The van der Waals surface area contributed by atoms with E-state index in [1.165, 1.54) is 0 Å². The maximum Gasteiger partial charge on any atom is 0.185 e. The summed E-state index contributed by atoms with van der Waals surface area (Å²) in [7, 11) is 2.04. The quantitative estimate of drug-likeness (QED) is 0.878. The fourth-order valence-corrected chi connectivity index (χ4v) is 2.94. The van der Waals surface area contributed by atoms with Gasteiger partial charge in [0.05, 0.1) is 23.9 Å². The van der Waals surface area contributed by atoms with Crippen molar-refractivity contribution in [3.63, 3.8) is 0 Å². The van der Waals surface area contributed by atoms with Gasteiger partial charge < -0.3 is 14.7 Å². The number of nitrogens with zero attached hydrogens (tertiary/aromatic N) is 2. The fourth-order valence-electron chi connectivity index (χ4n) is 2.00. The molecule has 2 heterocycles. The highest BCUT2D eigenvalue weighted by molar-refractivity contribution is 7.13. The van der Waals surface area contributed by atoms with Crippen molar-refractivity contribution in [3.05, 3.63) is 11.1 Å². The van der Waals surface area contributed by atoms with E-state index in [4.69, 9.17) is 4.74 Å². The van der Waals surface area contributed by atoms with E-state index in [1.807, 2.05) is 12.4 Å². The van der Waals surface area contributed by atoms with Crippen LogP contribution in [-0.2, 0) is 4.74 Å². The first-order valence-corrected chi connectivity index (χ1v) is 6.45. The first kappa shape index (κ1) is 11.8. The molecule has 0 aliphatic carbocycles. The second-order valence-electron chi connectivity index (χ2n) is 4.27. The van der Waals surface area contributed by atoms with Gasteiger partial charge in [-0.15, -0.1) is 11.3 Å². The van der Waals surface area contributed by atoms with Gasteiger partial charge in [-0.05, 0) is 20.3 Å². The monoisotopic (exact) mass is 242 g/mol. The van der Waals surface area contributed by atoms with E-state index < -0.39 is 6.10 Å². The summed E-state index contributed by atoms with van der Waals surface area (Å²) >= 11 is 1.57. The smallest absolute Gasteiger partial charge is 0.185 e. The summed E-state index contributed by atoms with van der Waals surface area (Å²) in [5.74, 6) is 0. The lowest BCUT2D eigenvalue weighted by atomic mass is 10.1. The highest BCUT2D eigenvalue weighted by atomic mass is 32.1. The number of anilines is 1. The summed E-state index contributed by atoms with van der Waals surface area (Å²) in [5.41, 5.74) is 0.749. The topological polar surface area (TPSA) is 45.6 Å². The minimum absolute atomic E-state index is 0.254. The molecule has 0 amide bonds. The van der Waals surface area contributed by atoms with Crippen molar-refractivity contribution in [2.45, 2.75) is 38.5 Å². The van der Waals surface area contributed by atoms with Gasteiger partial charge in [-0.25, -0.2) is 4.98 Å². The zero-order valence-electron chi connectivity index (χ0n) is 9.88. The van der Waals surface area contributed by atoms with Crippen molar-refractivity contribution >= 4 is 16.5 Å². The maximum atomic E-state index is 9.44. The molecule has 0 saturated carbocycles. The standard InChI is InChI=1S/C11H18N2O2S/c1-7(14)9-6-16-11(12-9)13(3)10-4-5-15-8(10)2/h6-8,10,14H,4-5H2,1-3H3. The highest BCUT2D eigenvalue weighted by Crippen LogP contribution is 2.28. The van der Waals surface area contributed by atoms with Crippen molar-refractivity contribution in [2.75, 3.05) is 18.6 Å². The van der Waals surface area contributed by atoms with Gasteiger partial charge in [-0.3, -0.25) is 0 Å². The predicted molar refractivity (Wildman–Crippen MR) is 65.0 cm³/mol. The molecule has 0 aromatic carbocycles. The van der Waals surface area contributed by atoms with Crippen LogP contribution in [0.5, 0.6) is 0 Å². The predicted octanol–water partition coefficient (Wildman–Crippen LogP) is 1.81. The van der Waals surface area contributed by atoms with Gasteiger partial charge in [0, 0.05) is 19.0 Å². The number of likely N-dealkylation sites (N-methyl/N-ethyl adjacent to an activating group) is 1. The lowest BCUT2D eigenvalue weighted by Gasteiger charge is -2.26. The van der Waals surface area contributed by atoms with Gasteiger partial charge in [0.1, 0.15) is 0 Å². The molecule has 0 bridgehead atoms. The van der Waals surface area contributed by atoms with E-state index in [9.17, 15) is 5.11 Å². The number of thiazole rings is 1. The number of aliphatic hydroxyl groups is 1. The number of aliphatic hydroxyl groups excluding tert-OH is 1. The van der Waals surface area contributed by atoms with Crippen molar-refractivity contribution in [1.82, 2.24) is 4.98 Å². The Balaban J connectivity index is 2.10. The van der Waals surface area contributed by atoms with Crippen LogP contribution in [0.1, 0.15) is 32.1 Å². The fraction of sp³-hybridized carbons (Fsp3) is 0.727. The summed E-state index contributed by atoms with van der Waals surface area (Å²) < 4.78 is 5.55. The Kier molecular flexibility index (Phi) is 3.47. The van der Waals surface area contributed by atoms with Crippen LogP contribution < -0.4 is 4.90 Å². The molecule has 16 heavy (non-hydrogen) atoms. The molecule has 1 fully saturated rings. The Morgan fingerprint density at radius 3 is 2.94 bits per heavy atom. The largest absolute Gasteiger partial charge is 0.387 e. The average Bonchev–Trinajstić information content (AvgIpc) is 2.84. The zero-order valence-corrected chi connectivity index (χ0v) is 10.7. The Hall–Kier alpha value is -0.650. The van der Waals surface area contributed by atoms with Crippen molar-refractivity contribution in [1.29, 1.82) is 0 Å². The summed E-state index contributed by atoms with van der Waals surface area (Å²) in [6.07, 6.45) is 0.806. The number of hydrogen-bond donors (Lipinski definition) is 1. The SMILES string of the molecule is CC(O)c1csc(N(C)C2CCOC2C)n1. The molecule has 3 atom stereocenters. The molecule has 1 aromatic rings. The van der Waals surface area contributed by atoms with E-state index in [2.05, 4.69) is 16.8 Å². The van der Waals surface area contributed by atoms with Gasteiger partial charge in [-0.1, -0.05) is 0 Å². The van der Waals surface area contributed by atoms with Crippen LogP contribution >= 0.6 is 11.3 Å². The first-order valence-electron chi connectivity index (χ1n) is 5.57. The van der Waals surface area contributed by atoms with Crippen molar-refractivity contribution in [2.24, 2.45) is 0 Å². The van der Waals surface area contributed by atoms with Crippen molar-refractivity contribution < 1.29 is 9.84 Å². The van der Waals surface area contributed by atoms with Crippen LogP contribution in [0, 0.1) is 0 Å². The maximum absolute atomic E-state index is 9.44. The molecule has 1 aliphatic rings. The Bertz CT molecular complexity index is 354. The molecule has 1 saturated heterocycles. The van der Waals surface area contributed by atoms with Crippen LogP contribution in [0.3, 0.4) is 0 Å². The van der Waals surface area contributed by atoms with Crippen LogP contribution in [0.15, 0.2) is 5.38 Å². The lowest BCUT2D eigenvalue weighted by Crippen LogP contribution is -2.36. The lowest BCUT2D eigenvalue weighted by molar-refractivity contribution is 0.118. The van der Waals surface area contributed by atoms with E-state index in [0.29, 0.717) is 6.04 Å². The Morgan fingerprint density at radius 1 is 1.69 bits per heavy atom. The third-order valence-corrected chi connectivity index (χ3v) is 4.02. The molecule has 90 valence electrons. The second-order valence-corrected chi connectivity index (χ2v) is 5.11. The average molecular weight is 242 g/mol. The molecule has 1 aromatic heterocycles. The third kappa shape index (κ3) is 2.21. The third-order valence-electron chi connectivity index (χ3n) is 3.07. The molecule has 3 unspecified atom stereocenters. The Morgan fingerprint density at radius 2 is 2.44 bits per heavy atom. The molecular weight excluding hydrogens is 224 g/mol. The van der Waals surface area contributed by atoms with Crippen LogP contribution in [0.4, 0.5) is 5.13 Å². The minimum Gasteiger partial charge on any atom is -0.387 e. The summed E-state index contributed by atoms with van der Waals surface area (Å²) in [4.78, 5) is 6.59. The molecule has 0 radical (unpaired) electrons. The normalized spacial score (nSPS) is 27.0. The molecule has 5 heteroatoms. The first-order chi connectivity index (χ1) is 7.59. The van der Waals surface area contributed by atoms with E-state index >= 15 is 0 Å². The molecule has 2 rings (SSSR count). The van der Waals surface area contributed by atoms with Crippen molar-refractivity contribution in [3.8, 4) is 0 Å². The Labute approximate surface area is 99.9 Å². The van der Waals surface area contributed by atoms with E-state index in [1.54, 1.807) is 18.3 Å². The second kappa shape index (κ2) is 4.69. The molecule has 0 spiro atoms. The van der Waals surface area contributed by atoms with E-state index in [0.717, 1.165) is 23.9 Å². The van der Waals surface area contributed by atoms with Gasteiger partial charge in [0.15, 0.2) is 5.13 Å². The highest BCUT2D eigenvalue weighted by Gasteiger charge is 2.29. The van der Waals surface area contributed by atoms with Crippen LogP contribution in [0.2, 0.25) is 0 Å². The van der Waals surface area contributed by atoms with Crippen LogP contribution in [-0.4, -0.2) is 35.9 Å². The van der Waals surface area contributed by atoms with Gasteiger partial charge in [0.2, 0.25) is 0 Å². The van der Waals surface area contributed by atoms with Gasteiger partial charge >= 0.3 is 0 Å². The van der Waals surface area contributed by atoms with Gasteiger partial charge in [0.25, 0.3) is 0 Å².